The molecular weight excluding hydrogens is 276 g/mol. The molecule has 2 amide bonds. The van der Waals surface area contributed by atoms with Crippen molar-refractivity contribution in [2.75, 3.05) is 12.3 Å². The van der Waals surface area contributed by atoms with E-state index < -0.39 is 12.0 Å². The molecule has 0 aromatic heterocycles. The second kappa shape index (κ2) is 6.24. The van der Waals surface area contributed by atoms with Crippen molar-refractivity contribution < 1.29 is 14.7 Å². The van der Waals surface area contributed by atoms with Crippen molar-refractivity contribution in [3.8, 4) is 0 Å². The Morgan fingerprint density at radius 1 is 1.40 bits per heavy atom. The number of hydrogen-bond donors (Lipinski definition) is 1. The quantitative estimate of drug-likeness (QED) is 0.870. The Morgan fingerprint density at radius 2 is 2.10 bits per heavy atom. The number of carbonyl (C=O) groups is 2. The molecule has 2 heterocycles. The first-order chi connectivity index (χ1) is 9.47. The van der Waals surface area contributed by atoms with Crippen LogP contribution < -0.4 is 0 Å². The third-order valence-electron chi connectivity index (χ3n) is 4.26. The van der Waals surface area contributed by atoms with Gasteiger partial charge in [-0.3, -0.25) is 4.90 Å². The Balaban J connectivity index is 2.18. The Morgan fingerprint density at radius 3 is 2.65 bits per heavy atom. The van der Waals surface area contributed by atoms with Crippen molar-refractivity contribution in [2.24, 2.45) is 5.92 Å². The van der Waals surface area contributed by atoms with E-state index in [1.54, 1.807) is 16.7 Å². The maximum atomic E-state index is 12.8. The predicted molar refractivity (Wildman–Crippen MR) is 79.8 cm³/mol. The number of carbonyl (C=O) groups excluding carboxylic acids is 1. The Kier molecular flexibility index (Phi) is 4.83. The third-order valence-corrected chi connectivity index (χ3v) is 5.72. The molecule has 5 nitrogen and oxygen atoms in total. The standard InChI is InChI=1S/C14H24N2O3S/c1-4-12-16(11(8-20-12)13(17)18)14(19)15-7-5-6-10(15)9(2)3/h9-12H,4-8H2,1-3H3,(H,17,18). The topological polar surface area (TPSA) is 60.9 Å². The van der Waals surface area contributed by atoms with E-state index >= 15 is 0 Å². The lowest BCUT2D eigenvalue weighted by Gasteiger charge is -2.35. The lowest BCUT2D eigenvalue weighted by molar-refractivity contribution is -0.141. The molecule has 2 rings (SSSR count). The van der Waals surface area contributed by atoms with Gasteiger partial charge in [-0.25, -0.2) is 9.59 Å². The van der Waals surface area contributed by atoms with Crippen molar-refractivity contribution >= 4 is 23.8 Å². The van der Waals surface area contributed by atoms with Gasteiger partial charge in [-0.05, 0) is 25.2 Å². The summed E-state index contributed by atoms with van der Waals surface area (Å²) in [6.45, 7) is 7.01. The van der Waals surface area contributed by atoms with Gasteiger partial charge in [-0.1, -0.05) is 20.8 Å². The number of aliphatic carboxylic acids is 1. The maximum absolute atomic E-state index is 12.8. The van der Waals surface area contributed by atoms with E-state index in [-0.39, 0.29) is 17.4 Å². The summed E-state index contributed by atoms with van der Waals surface area (Å²) in [5.74, 6) is 0.0295. The summed E-state index contributed by atoms with van der Waals surface area (Å²) in [6, 6.07) is -0.503. The molecule has 6 heteroatoms. The summed E-state index contributed by atoms with van der Waals surface area (Å²) >= 11 is 1.58. The van der Waals surface area contributed by atoms with Crippen LogP contribution >= 0.6 is 11.8 Å². The Bertz CT molecular complexity index is 389. The molecule has 3 unspecified atom stereocenters. The van der Waals surface area contributed by atoms with Crippen LogP contribution in [0.2, 0.25) is 0 Å². The normalized spacial score (nSPS) is 30.3. The summed E-state index contributed by atoms with van der Waals surface area (Å²) in [7, 11) is 0. The molecule has 20 heavy (non-hydrogen) atoms. The fourth-order valence-corrected chi connectivity index (χ4v) is 4.54. The molecule has 0 spiro atoms. The summed E-state index contributed by atoms with van der Waals surface area (Å²) in [4.78, 5) is 27.7. The average Bonchev–Trinajstić information content (AvgIpc) is 3.04. The first kappa shape index (κ1) is 15.5. The van der Waals surface area contributed by atoms with Crippen molar-refractivity contribution in [3.63, 3.8) is 0 Å². The SMILES string of the molecule is CCC1SCC(C(=O)O)N1C(=O)N1CCCC1C(C)C. The molecule has 0 aliphatic carbocycles. The van der Waals surface area contributed by atoms with Crippen LogP contribution in [0.5, 0.6) is 0 Å². The second-order valence-electron chi connectivity index (χ2n) is 5.89. The van der Waals surface area contributed by atoms with Crippen LogP contribution in [0.15, 0.2) is 0 Å². The molecule has 2 aliphatic rings. The second-order valence-corrected chi connectivity index (χ2v) is 7.10. The number of nitrogens with zero attached hydrogens (tertiary/aromatic N) is 2. The molecule has 0 aromatic carbocycles. The summed E-state index contributed by atoms with van der Waals surface area (Å²) < 4.78 is 0. The lowest BCUT2D eigenvalue weighted by atomic mass is 10.0. The van der Waals surface area contributed by atoms with Gasteiger partial charge >= 0.3 is 12.0 Å². The number of carboxylic acids is 1. The van der Waals surface area contributed by atoms with E-state index in [2.05, 4.69) is 13.8 Å². The van der Waals surface area contributed by atoms with Gasteiger partial charge in [0.15, 0.2) is 0 Å². The van der Waals surface area contributed by atoms with Crippen LogP contribution in [0.4, 0.5) is 4.79 Å². The highest BCUT2D eigenvalue weighted by molar-refractivity contribution is 8.00. The van der Waals surface area contributed by atoms with Gasteiger partial charge in [-0.15, -0.1) is 11.8 Å². The molecule has 2 aliphatic heterocycles. The van der Waals surface area contributed by atoms with E-state index in [0.717, 1.165) is 25.8 Å². The van der Waals surface area contributed by atoms with Gasteiger partial charge in [0.1, 0.15) is 6.04 Å². The van der Waals surface area contributed by atoms with Crippen LogP contribution in [0, 0.1) is 5.92 Å². The lowest BCUT2D eigenvalue weighted by Crippen LogP contribution is -2.53. The van der Waals surface area contributed by atoms with Crippen LogP contribution in [0.3, 0.4) is 0 Å². The largest absolute Gasteiger partial charge is 0.480 e. The van der Waals surface area contributed by atoms with Gasteiger partial charge in [0.25, 0.3) is 0 Å². The van der Waals surface area contributed by atoms with Crippen molar-refractivity contribution in [3.05, 3.63) is 0 Å². The number of thioether (sulfide) groups is 1. The van der Waals surface area contributed by atoms with E-state index in [1.165, 1.54) is 0 Å². The smallest absolute Gasteiger partial charge is 0.327 e. The van der Waals surface area contributed by atoms with Crippen molar-refractivity contribution in [2.45, 2.75) is 57.5 Å². The Hall–Kier alpha value is -0.910. The predicted octanol–water partition coefficient (Wildman–Crippen LogP) is 2.46. The first-order valence-electron chi connectivity index (χ1n) is 7.40. The van der Waals surface area contributed by atoms with E-state index in [9.17, 15) is 14.7 Å². The summed E-state index contributed by atoms with van der Waals surface area (Å²) in [6.07, 6.45) is 2.84. The van der Waals surface area contributed by atoms with Crippen LogP contribution in [0.1, 0.15) is 40.0 Å². The molecule has 1 N–H and O–H groups in total. The van der Waals surface area contributed by atoms with Crippen LogP contribution in [0.25, 0.3) is 0 Å². The van der Waals surface area contributed by atoms with Crippen molar-refractivity contribution in [1.82, 2.24) is 9.80 Å². The van der Waals surface area contributed by atoms with Gasteiger partial charge < -0.3 is 10.0 Å². The zero-order valence-corrected chi connectivity index (χ0v) is 13.2. The third kappa shape index (κ3) is 2.75. The fourth-order valence-electron chi connectivity index (χ4n) is 3.20. The molecule has 2 fully saturated rings. The van der Waals surface area contributed by atoms with Gasteiger partial charge in [0.2, 0.25) is 0 Å². The summed E-state index contributed by atoms with van der Waals surface area (Å²) in [5.41, 5.74) is 0. The average molecular weight is 300 g/mol. The molecular formula is C14H24N2O3S. The minimum atomic E-state index is -0.887. The molecule has 0 radical (unpaired) electrons. The summed E-state index contributed by atoms with van der Waals surface area (Å²) in [5, 5.41) is 9.34. The first-order valence-corrected chi connectivity index (χ1v) is 8.45. The monoisotopic (exact) mass is 300 g/mol. The highest BCUT2D eigenvalue weighted by Crippen LogP contribution is 2.34. The number of carboxylic acid groups (broad SMARTS) is 1. The van der Waals surface area contributed by atoms with E-state index in [0.29, 0.717) is 11.7 Å². The van der Waals surface area contributed by atoms with E-state index in [4.69, 9.17) is 0 Å². The van der Waals surface area contributed by atoms with Gasteiger partial charge in [-0.2, -0.15) is 0 Å². The maximum Gasteiger partial charge on any atom is 0.327 e. The molecule has 3 atom stereocenters. The fraction of sp³-hybridized carbons (Fsp3) is 0.857. The number of likely N-dealkylation sites (tertiary alicyclic amines) is 1. The van der Waals surface area contributed by atoms with Gasteiger partial charge in [0.05, 0.1) is 5.37 Å². The Labute approximate surface area is 124 Å². The number of amides is 2. The number of urea groups is 1. The zero-order valence-electron chi connectivity index (χ0n) is 12.4. The minimum absolute atomic E-state index is 0.00277. The zero-order chi connectivity index (χ0) is 14.9. The highest BCUT2D eigenvalue weighted by atomic mass is 32.2. The van der Waals surface area contributed by atoms with Crippen LogP contribution in [-0.4, -0.2) is 56.7 Å². The molecule has 0 aromatic rings. The van der Waals surface area contributed by atoms with E-state index in [1.807, 2.05) is 11.8 Å². The molecule has 114 valence electrons. The molecule has 0 saturated carbocycles. The van der Waals surface area contributed by atoms with Gasteiger partial charge in [0, 0.05) is 18.3 Å². The minimum Gasteiger partial charge on any atom is -0.480 e. The van der Waals surface area contributed by atoms with Crippen LogP contribution in [-0.2, 0) is 4.79 Å². The van der Waals surface area contributed by atoms with Crippen molar-refractivity contribution in [1.29, 1.82) is 0 Å². The number of rotatable bonds is 3. The highest BCUT2D eigenvalue weighted by Gasteiger charge is 2.44. The molecule has 2 saturated heterocycles. The number of hydrogen-bond acceptors (Lipinski definition) is 3. The molecule has 0 bridgehead atoms.